The van der Waals surface area contributed by atoms with Crippen LogP contribution in [0.3, 0.4) is 0 Å². The number of carbonyl (C=O) groups is 1. The van der Waals surface area contributed by atoms with Crippen LogP contribution in [-0.4, -0.2) is 24.1 Å². The van der Waals surface area contributed by atoms with Crippen molar-refractivity contribution in [1.29, 1.82) is 0 Å². The van der Waals surface area contributed by atoms with Gasteiger partial charge in [-0.1, -0.05) is 35.4 Å². The van der Waals surface area contributed by atoms with E-state index in [-0.39, 0.29) is 12.5 Å². The summed E-state index contributed by atoms with van der Waals surface area (Å²) in [5.41, 5.74) is 3.74. The number of pyridine rings is 1. The molecule has 1 amide bonds. The van der Waals surface area contributed by atoms with Gasteiger partial charge in [0.25, 0.3) is 5.91 Å². The third-order valence-corrected chi connectivity index (χ3v) is 4.69. The summed E-state index contributed by atoms with van der Waals surface area (Å²) in [7, 11) is 0. The summed E-state index contributed by atoms with van der Waals surface area (Å²) in [6.45, 7) is 5.37. The molecule has 3 aromatic rings. The number of nitrogens with zero attached hydrogens (tertiary/aromatic N) is 1. The molecule has 0 fully saturated rings. The maximum Gasteiger partial charge on any atom is 0.262 e. The van der Waals surface area contributed by atoms with E-state index >= 15 is 0 Å². The molecule has 0 bridgehead atoms. The second kappa shape index (κ2) is 11.3. The fourth-order valence-corrected chi connectivity index (χ4v) is 3.22. The molecule has 2 N–H and O–H groups in total. The van der Waals surface area contributed by atoms with Gasteiger partial charge in [0.15, 0.2) is 18.1 Å². The lowest BCUT2D eigenvalue weighted by atomic mass is 10.2. The second-order valence-electron chi connectivity index (χ2n) is 6.97. The third kappa shape index (κ3) is 6.98. The van der Waals surface area contributed by atoms with E-state index < -0.39 is 0 Å². The molecule has 0 saturated carbocycles. The van der Waals surface area contributed by atoms with Crippen molar-refractivity contribution in [2.75, 3.05) is 18.5 Å². The Bertz CT molecular complexity index is 995. The van der Waals surface area contributed by atoms with Gasteiger partial charge >= 0.3 is 0 Å². The van der Waals surface area contributed by atoms with E-state index in [4.69, 9.17) is 21.1 Å². The third-order valence-electron chi connectivity index (χ3n) is 4.41. The summed E-state index contributed by atoms with van der Waals surface area (Å²) in [6.07, 6.45) is 1.77. The summed E-state index contributed by atoms with van der Waals surface area (Å²) >= 11 is 6.45. The fourth-order valence-electron chi connectivity index (χ4n) is 2.94. The minimum absolute atomic E-state index is 0.176. The monoisotopic (exact) mass is 439 g/mol. The van der Waals surface area contributed by atoms with Gasteiger partial charge in [0.05, 0.1) is 17.3 Å². The Kier molecular flexibility index (Phi) is 8.27. The van der Waals surface area contributed by atoms with Gasteiger partial charge in [0, 0.05) is 25.0 Å². The van der Waals surface area contributed by atoms with Gasteiger partial charge in [-0.15, -0.1) is 0 Å². The molecule has 6 nitrogen and oxygen atoms in total. The zero-order chi connectivity index (χ0) is 22.1. The van der Waals surface area contributed by atoms with Crippen LogP contribution in [-0.2, 0) is 17.9 Å². The molecule has 0 aliphatic rings. The Hall–Kier alpha value is -3.09. The number of amides is 1. The molecular weight excluding hydrogens is 414 g/mol. The Morgan fingerprint density at radius 1 is 1.06 bits per heavy atom. The van der Waals surface area contributed by atoms with Crippen molar-refractivity contribution < 1.29 is 14.3 Å². The Morgan fingerprint density at radius 3 is 2.58 bits per heavy atom. The molecule has 7 heteroatoms. The standard InChI is InChI=1S/C24H26ClN3O3/c1-3-30-22-13-18(14-26-15-20-6-4-5-11-27-20)12-21(25)24(22)31-16-23(29)28-19-9-7-17(2)8-10-19/h4-13,26H,3,14-16H2,1-2H3,(H,28,29). The zero-order valence-electron chi connectivity index (χ0n) is 17.7. The average Bonchev–Trinajstić information content (AvgIpc) is 2.76. The van der Waals surface area contributed by atoms with Crippen LogP contribution >= 0.6 is 11.6 Å². The Labute approximate surface area is 187 Å². The SMILES string of the molecule is CCOc1cc(CNCc2ccccn2)cc(Cl)c1OCC(=O)Nc1ccc(C)cc1. The normalized spacial score (nSPS) is 10.5. The molecule has 31 heavy (non-hydrogen) atoms. The summed E-state index contributed by atoms with van der Waals surface area (Å²) in [5.74, 6) is 0.590. The number of benzene rings is 2. The molecule has 2 aromatic carbocycles. The molecule has 3 rings (SSSR count). The first-order valence-electron chi connectivity index (χ1n) is 10.1. The predicted octanol–water partition coefficient (Wildman–Crippen LogP) is 4.75. The summed E-state index contributed by atoms with van der Waals surface area (Å²) < 4.78 is 11.4. The van der Waals surface area contributed by atoms with E-state index in [0.29, 0.717) is 41.9 Å². The Morgan fingerprint density at radius 2 is 1.87 bits per heavy atom. The van der Waals surface area contributed by atoms with Crippen molar-refractivity contribution in [2.24, 2.45) is 0 Å². The van der Waals surface area contributed by atoms with E-state index in [0.717, 1.165) is 16.8 Å². The molecule has 0 unspecified atom stereocenters. The summed E-state index contributed by atoms with van der Waals surface area (Å²) in [4.78, 5) is 16.6. The molecule has 162 valence electrons. The highest BCUT2D eigenvalue weighted by Gasteiger charge is 2.14. The highest BCUT2D eigenvalue weighted by molar-refractivity contribution is 6.32. The smallest absolute Gasteiger partial charge is 0.262 e. The van der Waals surface area contributed by atoms with Crippen LogP contribution in [0.4, 0.5) is 5.69 Å². The van der Waals surface area contributed by atoms with Crippen LogP contribution in [0.5, 0.6) is 11.5 Å². The average molecular weight is 440 g/mol. The van der Waals surface area contributed by atoms with Crippen molar-refractivity contribution >= 4 is 23.2 Å². The van der Waals surface area contributed by atoms with Gasteiger partial charge < -0.3 is 20.1 Å². The molecule has 0 atom stereocenters. The van der Waals surface area contributed by atoms with Gasteiger partial charge in [-0.05, 0) is 55.8 Å². The van der Waals surface area contributed by atoms with E-state index in [1.807, 2.05) is 68.4 Å². The quantitative estimate of drug-likeness (QED) is 0.477. The molecule has 1 aromatic heterocycles. The largest absolute Gasteiger partial charge is 0.490 e. The van der Waals surface area contributed by atoms with E-state index in [9.17, 15) is 4.79 Å². The van der Waals surface area contributed by atoms with E-state index in [2.05, 4.69) is 15.6 Å². The zero-order valence-corrected chi connectivity index (χ0v) is 18.4. The summed E-state index contributed by atoms with van der Waals surface area (Å²) in [6, 6.07) is 17.0. The van der Waals surface area contributed by atoms with Crippen molar-refractivity contribution in [3.63, 3.8) is 0 Å². The van der Waals surface area contributed by atoms with Crippen LogP contribution in [0.15, 0.2) is 60.8 Å². The van der Waals surface area contributed by atoms with Gasteiger partial charge in [0.2, 0.25) is 0 Å². The van der Waals surface area contributed by atoms with Gasteiger partial charge in [-0.25, -0.2) is 0 Å². The molecule has 0 aliphatic carbocycles. The first-order valence-corrected chi connectivity index (χ1v) is 10.5. The molecule has 1 heterocycles. The highest BCUT2D eigenvalue weighted by Crippen LogP contribution is 2.36. The molecule has 0 radical (unpaired) electrons. The first-order chi connectivity index (χ1) is 15.0. The topological polar surface area (TPSA) is 72.5 Å². The number of hydrogen-bond donors (Lipinski definition) is 2. The lowest BCUT2D eigenvalue weighted by Gasteiger charge is -2.15. The van der Waals surface area contributed by atoms with E-state index in [1.165, 1.54) is 0 Å². The van der Waals surface area contributed by atoms with Gasteiger partial charge in [-0.3, -0.25) is 9.78 Å². The number of rotatable bonds is 10. The van der Waals surface area contributed by atoms with Crippen molar-refractivity contribution in [1.82, 2.24) is 10.3 Å². The summed E-state index contributed by atoms with van der Waals surface area (Å²) in [5, 5.41) is 6.53. The van der Waals surface area contributed by atoms with Crippen LogP contribution in [0.25, 0.3) is 0 Å². The van der Waals surface area contributed by atoms with Crippen LogP contribution < -0.4 is 20.1 Å². The number of ether oxygens (including phenoxy) is 2. The molecule has 0 aliphatic heterocycles. The maximum absolute atomic E-state index is 12.3. The number of hydrogen-bond acceptors (Lipinski definition) is 5. The van der Waals surface area contributed by atoms with Crippen LogP contribution in [0, 0.1) is 6.92 Å². The van der Waals surface area contributed by atoms with Gasteiger partial charge in [-0.2, -0.15) is 0 Å². The lowest BCUT2D eigenvalue weighted by Crippen LogP contribution is -2.20. The molecule has 0 spiro atoms. The van der Waals surface area contributed by atoms with Crippen molar-refractivity contribution in [3.8, 4) is 11.5 Å². The van der Waals surface area contributed by atoms with Crippen molar-refractivity contribution in [3.05, 3.63) is 82.6 Å². The highest BCUT2D eigenvalue weighted by atomic mass is 35.5. The number of carbonyl (C=O) groups excluding carboxylic acids is 1. The molecular formula is C24H26ClN3O3. The van der Waals surface area contributed by atoms with E-state index in [1.54, 1.807) is 6.20 Å². The van der Waals surface area contributed by atoms with Gasteiger partial charge in [0.1, 0.15) is 0 Å². The fraction of sp³-hybridized carbons (Fsp3) is 0.250. The Balaban J connectivity index is 1.61. The first kappa shape index (κ1) is 22.6. The van der Waals surface area contributed by atoms with Crippen LogP contribution in [0.1, 0.15) is 23.7 Å². The predicted molar refractivity (Wildman–Crippen MR) is 123 cm³/mol. The lowest BCUT2D eigenvalue weighted by molar-refractivity contribution is -0.118. The van der Waals surface area contributed by atoms with Crippen LogP contribution in [0.2, 0.25) is 5.02 Å². The minimum Gasteiger partial charge on any atom is -0.490 e. The second-order valence-corrected chi connectivity index (χ2v) is 7.37. The maximum atomic E-state index is 12.3. The number of anilines is 1. The van der Waals surface area contributed by atoms with Crippen molar-refractivity contribution in [2.45, 2.75) is 26.9 Å². The minimum atomic E-state index is -0.275. The number of aryl methyl sites for hydroxylation is 1. The number of aromatic nitrogens is 1. The number of halogens is 1. The molecule has 0 saturated heterocycles. The number of nitrogens with one attached hydrogen (secondary N) is 2.